The highest BCUT2D eigenvalue weighted by Crippen LogP contribution is 2.41. The lowest BCUT2D eigenvalue weighted by Crippen LogP contribution is -2.40. The molecular formula is C15H23NO. The van der Waals surface area contributed by atoms with Crippen molar-refractivity contribution in [3.05, 3.63) is 29.8 Å². The number of ether oxygens (including phenoxy) is 1. The maximum Gasteiger partial charge on any atom is 0.123 e. The van der Waals surface area contributed by atoms with Crippen LogP contribution in [0.25, 0.3) is 0 Å². The van der Waals surface area contributed by atoms with Gasteiger partial charge in [0.1, 0.15) is 5.75 Å². The van der Waals surface area contributed by atoms with Crippen molar-refractivity contribution in [3.63, 3.8) is 0 Å². The molecule has 1 saturated carbocycles. The summed E-state index contributed by atoms with van der Waals surface area (Å²) >= 11 is 0. The Balaban J connectivity index is 2.21. The fourth-order valence-corrected chi connectivity index (χ4v) is 2.93. The third kappa shape index (κ3) is 2.47. The zero-order valence-electron chi connectivity index (χ0n) is 10.9. The Morgan fingerprint density at radius 3 is 2.53 bits per heavy atom. The molecule has 0 radical (unpaired) electrons. The predicted octanol–water partition coefficient (Wildman–Crippen LogP) is 3.45. The van der Waals surface area contributed by atoms with E-state index in [4.69, 9.17) is 10.5 Å². The molecule has 1 aliphatic carbocycles. The first-order valence-corrected chi connectivity index (χ1v) is 6.62. The van der Waals surface area contributed by atoms with Crippen LogP contribution in [0.1, 0.15) is 44.6 Å². The number of nitrogens with two attached hydrogens (primary N) is 1. The van der Waals surface area contributed by atoms with Gasteiger partial charge in [-0.05, 0) is 37.7 Å². The Hall–Kier alpha value is -1.02. The Bertz CT molecular complexity index is 367. The van der Waals surface area contributed by atoms with Crippen LogP contribution in [0.4, 0.5) is 0 Å². The summed E-state index contributed by atoms with van der Waals surface area (Å²) in [4.78, 5) is 0. The van der Waals surface area contributed by atoms with Gasteiger partial charge in [0.15, 0.2) is 0 Å². The molecule has 17 heavy (non-hydrogen) atoms. The average Bonchev–Trinajstić information content (AvgIpc) is 2.39. The molecule has 0 amide bonds. The number of methoxy groups -OCH3 is 1. The fraction of sp³-hybridized carbons (Fsp3) is 0.600. The Labute approximate surface area is 104 Å². The summed E-state index contributed by atoms with van der Waals surface area (Å²) in [6.07, 6.45) is 5.91. The van der Waals surface area contributed by atoms with Gasteiger partial charge in [-0.2, -0.15) is 0 Å². The molecule has 94 valence electrons. The summed E-state index contributed by atoms with van der Waals surface area (Å²) in [6.45, 7) is 2.28. The van der Waals surface area contributed by atoms with E-state index in [1.54, 1.807) is 7.11 Å². The molecule has 2 heteroatoms. The second-order valence-corrected chi connectivity index (χ2v) is 5.21. The lowest BCUT2D eigenvalue weighted by molar-refractivity contribution is 0.226. The second-order valence-electron chi connectivity index (χ2n) is 5.21. The van der Waals surface area contributed by atoms with Crippen molar-refractivity contribution >= 4 is 0 Å². The summed E-state index contributed by atoms with van der Waals surface area (Å²) in [5.74, 6) is 1.80. The first-order chi connectivity index (χ1) is 8.19. The molecular weight excluding hydrogens is 210 g/mol. The summed E-state index contributed by atoms with van der Waals surface area (Å²) in [5.41, 5.74) is 7.59. The molecule has 0 saturated heterocycles. The van der Waals surface area contributed by atoms with Crippen LogP contribution in [0.5, 0.6) is 5.75 Å². The van der Waals surface area contributed by atoms with Gasteiger partial charge in [-0.15, -0.1) is 0 Å². The van der Waals surface area contributed by atoms with Crippen molar-refractivity contribution in [2.75, 3.05) is 7.11 Å². The number of hydrogen-bond acceptors (Lipinski definition) is 2. The van der Waals surface area contributed by atoms with Crippen molar-refractivity contribution < 1.29 is 4.74 Å². The largest absolute Gasteiger partial charge is 0.496 e. The number of benzene rings is 1. The van der Waals surface area contributed by atoms with Gasteiger partial charge in [0.2, 0.25) is 0 Å². The molecule has 1 aliphatic rings. The smallest absolute Gasteiger partial charge is 0.123 e. The molecule has 0 aromatic heterocycles. The average molecular weight is 233 g/mol. The first kappa shape index (κ1) is 12.4. The van der Waals surface area contributed by atoms with Crippen LogP contribution in [0.15, 0.2) is 24.3 Å². The molecule has 0 unspecified atom stereocenters. The predicted molar refractivity (Wildman–Crippen MR) is 71.1 cm³/mol. The lowest BCUT2D eigenvalue weighted by Gasteiger charge is -2.38. The van der Waals surface area contributed by atoms with Gasteiger partial charge in [-0.1, -0.05) is 31.5 Å². The second kappa shape index (κ2) is 5.09. The minimum Gasteiger partial charge on any atom is -0.496 e. The van der Waals surface area contributed by atoms with Gasteiger partial charge >= 0.3 is 0 Å². The number of hydrogen-bond donors (Lipinski definition) is 1. The molecule has 1 aromatic rings. The third-order valence-corrected chi connectivity index (χ3v) is 4.22. The number of para-hydroxylation sites is 1. The van der Waals surface area contributed by atoms with Gasteiger partial charge in [0.25, 0.3) is 0 Å². The normalized spacial score (nSPS) is 29.0. The van der Waals surface area contributed by atoms with Crippen molar-refractivity contribution in [2.45, 2.75) is 44.6 Å². The van der Waals surface area contributed by atoms with Crippen LogP contribution in [0.3, 0.4) is 0 Å². The first-order valence-electron chi connectivity index (χ1n) is 6.62. The number of rotatable bonds is 3. The van der Waals surface area contributed by atoms with E-state index >= 15 is 0 Å². The van der Waals surface area contributed by atoms with Gasteiger partial charge in [0, 0.05) is 11.1 Å². The van der Waals surface area contributed by atoms with E-state index in [9.17, 15) is 0 Å². The van der Waals surface area contributed by atoms with E-state index in [0.717, 1.165) is 24.5 Å². The third-order valence-electron chi connectivity index (χ3n) is 4.22. The minimum atomic E-state index is -0.182. The maximum absolute atomic E-state index is 6.59. The molecule has 0 atom stereocenters. The molecule has 0 aliphatic heterocycles. The Morgan fingerprint density at radius 2 is 1.94 bits per heavy atom. The zero-order valence-corrected chi connectivity index (χ0v) is 10.9. The van der Waals surface area contributed by atoms with E-state index in [-0.39, 0.29) is 5.54 Å². The van der Waals surface area contributed by atoms with Crippen molar-refractivity contribution in [1.82, 2.24) is 0 Å². The van der Waals surface area contributed by atoms with Crippen LogP contribution in [0.2, 0.25) is 0 Å². The highest BCUT2D eigenvalue weighted by molar-refractivity contribution is 5.39. The molecule has 2 nitrogen and oxygen atoms in total. The zero-order chi connectivity index (χ0) is 12.3. The van der Waals surface area contributed by atoms with Crippen LogP contribution in [0, 0.1) is 5.92 Å². The monoisotopic (exact) mass is 233 g/mol. The summed E-state index contributed by atoms with van der Waals surface area (Å²) in [7, 11) is 1.72. The Morgan fingerprint density at radius 1 is 1.29 bits per heavy atom. The molecule has 2 rings (SSSR count). The molecule has 2 N–H and O–H groups in total. The highest BCUT2D eigenvalue weighted by Gasteiger charge is 2.34. The van der Waals surface area contributed by atoms with Crippen molar-refractivity contribution in [2.24, 2.45) is 11.7 Å². The van der Waals surface area contributed by atoms with Crippen molar-refractivity contribution in [3.8, 4) is 5.75 Å². The quantitative estimate of drug-likeness (QED) is 0.868. The topological polar surface area (TPSA) is 35.2 Å². The van der Waals surface area contributed by atoms with Crippen molar-refractivity contribution in [1.29, 1.82) is 0 Å². The van der Waals surface area contributed by atoms with Gasteiger partial charge in [-0.3, -0.25) is 0 Å². The van der Waals surface area contributed by atoms with Crippen LogP contribution in [-0.4, -0.2) is 7.11 Å². The van der Waals surface area contributed by atoms with E-state index in [0.29, 0.717) is 0 Å². The van der Waals surface area contributed by atoms with E-state index in [2.05, 4.69) is 19.1 Å². The van der Waals surface area contributed by atoms with Gasteiger partial charge in [0.05, 0.1) is 7.11 Å². The van der Waals surface area contributed by atoms with E-state index < -0.39 is 0 Å². The van der Waals surface area contributed by atoms with Crippen LogP contribution < -0.4 is 10.5 Å². The molecule has 0 bridgehead atoms. The Kier molecular flexibility index (Phi) is 3.72. The summed E-state index contributed by atoms with van der Waals surface area (Å²) in [5, 5.41) is 0. The summed E-state index contributed by atoms with van der Waals surface area (Å²) in [6, 6.07) is 8.18. The van der Waals surface area contributed by atoms with E-state index in [1.807, 2.05) is 12.1 Å². The molecule has 0 heterocycles. The lowest BCUT2D eigenvalue weighted by atomic mass is 9.72. The molecule has 1 aromatic carbocycles. The standard InChI is InChI=1S/C15H23NO/c1-3-12-8-10-15(16,11-9-12)13-6-4-5-7-14(13)17-2/h4-7,12H,3,8-11,16H2,1-2H3. The van der Waals surface area contributed by atoms with Gasteiger partial charge < -0.3 is 10.5 Å². The summed E-state index contributed by atoms with van der Waals surface area (Å²) < 4.78 is 5.44. The molecule has 1 fully saturated rings. The minimum absolute atomic E-state index is 0.182. The molecule has 0 spiro atoms. The SMILES string of the molecule is CCC1CCC(N)(c2ccccc2OC)CC1. The van der Waals surface area contributed by atoms with E-state index in [1.165, 1.54) is 24.8 Å². The van der Waals surface area contributed by atoms with Gasteiger partial charge in [-0.25, -0.2) is 0 Å². The fourth-order valence-electron chi connectivity index (χ4n) is 2.93. The van der Waals surface area contributed by atoms with Crippen LogP contribution >= 0.6 is 0 Å². The van der Waals surface area contributed by atoms with Crippen LogP contribution in [-0.2, 0) is 5.54 Å². The maximum atomic E-state index is 6.59. The highest BCUT2D eigenvalue weighted by atomic mass is 16.5.